The highest BCUT2D eigenvalue weighted by atomic mass is 16.7. The number of β-amino-alcohol motifs (C(OH)–C–C–N with tert-alkyl or cyclic N) is 1. The summed E-state index contributed by atoms with van der Waals surface area (Å²) in [5.74, 6) is 0.0212. The number of carbonyl (C=O) groups is 2. The number of hydrogen-bond donors (Lipinski definition) is 1. The lowest BCUT2D eigenvalue weighted by molar-refractivity contribution is -0.129. The summed E-state index contributed by atoms with van der Waals surface area (Å²) in [5, 5.41) is 10.6. The molecular formula is C19H18N2O5. The van der Waals surface area contributed by atoms with E-state index in [1.165, 1.54) is 11.1 Å². The van der Waals surface area contributed by atoms with Crippen molar-refractivity contribution >= 4 is 11.7 Å². The molecule has 2 aliphatic rings. The highest BCUT2D eigenvalue weighted by Crippen LogP contribution is 2.37. The predicted molar refractivity (Wildman–Crippen MR) is 91.1 cm³/mol. The van der Waals surface area contributed by atoms with Gasteiger partial charge in [0.1, 0.15) is 0 Å². The van der Waals surface area contributed by atoms with Crippen molar-refractivity contribution in [3.8, 4) is 11.5 Å². The number of pyridine rings is 1. The zero-order valence-corrected chi connectivity index (χ0v) is 14.0. The fraction of sp³-hybridized carbons (Fsp3) is 0.316. The zero-order valence-electron chi connectivity index (χ0n) is 14.0. The van der Waals surface area contributed by atoms with E-state index in [0.717, 1.165) is 5.56 Å². The van der Waals surface area contributed by atoms with Crippen LogP contribution in [0.1, 0.15) is 28.3 Å². The molecule has 0 aliphatic carbocycles. The van der Waals surface area contributed by atoms with Gasteiger partial charge in [0.2, 0.25) is 6.79 Å². The van der Waals surface area contributed by atoms with Crippen molar-refractivity contribution < 1.29 is 24.2 Å². The van der Waals surface area contributed by atoms with Gasteiger partial charge in [0.05, 0.1) is 6.10 Å². The Labute approximate surface area is 150 Å². The summed E-state index contributed by atoms with van der Waals surface area (Å²) in [6.07, 6.45) is 2.72. The van der Waals surface area contributed by atoms with Crippen molar-refractivity contribution in [1.82, 2.24) is 9.88 Å². The van der Waals surface area contributed by atoms with Gasteiger partial charge >= 0.3 is 0 Å². The molecule has 1 fully saturated rings. The normalized spacial score (nSPS) is 21.5. The Kier molecular flexibility index (Phi) is 4.30. The molecule has 0 saturated carbocycles. The first-order chi connectivity index (χ1) is 12.6. The number of aliphatic hydroxyl groups excluding tert-OH is 1. The second-order valence-electron chi connectivity index (χ2n) is 6.40. The third kappa shape index (κ3) is 3.01. The average molecular weight is 354 g/mol. The number of Topliss-reactive ketones (excluding diaryl/α,β-unsaturated/α-hetero) is 1. The first-order valence-corrected chi connectivity index (χ1v) is 8.45. The molecule has 0 radical (unpaired) electrons. The highest BCUT2D eigenvalue weighted by molar-refractivity contribution is 6.42. The van der Waals surface area contributed by atoms with Gasteiger partial charge in [0.15, 0.2) is 11.5 Å². The molecule has 0 bridgehead atoms. The van der Waals surface area contributed by atoms with Gasteiger partial charge in [-0.2, -0.15) is 0 Å². The quantitative estimate of drug-likeness (QED) is 0.661. The van der Waals surface area contributed by atoms with E-state index in [0.29, 0.717) is 24.5 Å². The van der Waals surface area contributed by atoms with E-state index in [1.807, 2.05) is 18.2 Å². The number of benzene rings is 1. The number of ether oxygens (including phenoxy) is 2. The third-order valence-corrected chi connectivity index (χ3v) is 4.81. The molecular weight excluding hydrogens is 336 g/mol. The van der Waals surface area contributed by atoms with Gasteiger partial charge in [0, 0.05) is 37.0 Å². The van der Waals surface area contributed by atoms with Crippen LogP contribution in [-0.4, -0.2) is 52.7 Å². The molecule has 1 aromatic carbocycles. The smallest absolute Gasteiger partial charge is 0.295 e. The Morgan fingerprint density at radius 3 is 2.81 bits per heavy atom. The lowest BCUT2D eigenvalue weighted by Gasteiger charge is -2.35. The molecule has 2 atom stereocenters. The summed E-state index contributed by atoms with van der Waals surface area (Å²) in [6.45, 7) is 0.718. The number of ketones is 1. The number of nitrogens with zero attached hydrogens (tertiary/aromatic N) is 2. The van der Waals surface area contributed by atoms with Gasteiger partial charge in [-0.15, -0.1) is 0 Å². The van der Waals surface area contributed by atoms with Crippen molar-refractivity contribution in [2.75, 3.05) is 19.9 Å². The summed E-state index contributed by atoms with van der Waals surface area (Å²) in [4.78, 5) is 30.0. The van der Waals surface area contributed by atoms with Crippen LogP contribution >= 0.6 is 0 Å². The maximum Gasteiger partial charge on any atom is 0.295 e. The van der Waals surface area contributed by atoms with Gasteiger partial charge in [-0.25, -0.2) is 0 Å². The van der Waals surface area contributed by atoms with Crippen LogP contribution in [0.5, 0.6) is 11.5 Å². The number of aromatic nitrogens is 1. The fourth-order valence-corrected chi connectivity index (χ4v) is 3.41. The number of likely N-dealkylation sites (tertiary alicyclic amines) is 1. The highest BCUT2D eigenvalue weighted by Gasteiger charge is 2.34. The molecule has 4 rings (SSSR count). The van der Waals surface area contributed by atoms with Crippen LogP contribution in [0.3, 0.4) is 0 Å². The zero-order chi connectivity index (χ0) is 18.1. The summed E-state index contributed by atoms with van der Waals surface area (Å²) < 4.78 is 10.7. The van der Waals surface area contributed by atoms with E-state index in [2.05, 4.69) is 4.98 Å². The molecule has 1 amide bonds. The van der Waals surface area contributed by atoms with Crippen LogP contribution in [0.25, 0.3) is 0 Å². The van der Waals surface area contributed by atoms with Gasteiger partial charge in [-0.1, -0.05) is 6.07 Å². The first kappa shape index (κ1) is 16.5. The van der Waals surface area contributed by atoms with Crippen molar-refractivity contribution in [2.45, 2.75) is 18.4 Å². The fourth-order valence-electron chi connectivity index (χ4n) is 3.41. The van der Waals surface area contributed by atoms with Crippen LogP contribution in [0.15, 0.2) is 42.7 Å². The minimum absolute atomic E-state index is 0.115. The molecule has 2 aliphatic heterocycles. The minimum Gasteiger partial charge on any atom is -0.454 e. The second-order valence-corrected chi connectivity index (χ2v) is 6.40. The molecule has 3 heterocycles. The van der Waals surface area contributed by atoms with E-state index in [-0.39, 0.29) is 24.8 Å². The van der Waals surface area contributed by atoms with E-state index in [1.54, 1.807) is 18.3 Å². The summed E-state index contributed by atoms with van der Waals surface area (Å²) in [6, 6.07) is 8.77. The second kappa shape index (κ2) is 6.76. The van der Waals surface area contributed by atoms with Crippen molar-refractivity contribution in [3.05, 3.63) is 53.9 Å². The Balaban J connectivity index is 1.45. The van der Waals surface area contributed by atoms with Crippen LogP contribution in [0, 0.1) is 0 Å². The van der Waals surface area contributed by atoms with E-state index >= 15 is 0 Å². The predicted octanol–water partition coefficient (Wildman–Crippen LogP) is 1.37. The molecule has 0 spiro atoms. The van der Waals surface area contributed by atoms with Crippen molar-refractivity contribution in [3.63, 3.8) is 0 Å². The van der Waals surface area contributed by atoms with Crippen molar-refractivity contribution in [2.24, 2.45) is 0 Å². The van der Waals surface area contributed by atoms with Crippen molar-refractivity contribution in [1.29, 1.82) is 0 Å². The van der Waals surface area contributed by atoms with Crippen LogP contribution in [-0.2, 0) is 4.79 Å². The van der Waals surface area contributed by atoms with E-state index in [4.69, 9.17) is 9.47 Å². The topological polar surface area (TPSA) is 89.0 Å². The molecule has 134 valence electrons. The number of fused-ring (bicyclic) bond motifs is 1. The summed E-state index contributed by atoms with van der Waals surface area (Å²) in [7, 11) is 0. The van der Waals surface area contributed by atoms with Gasteiger partial charge < -0.3 is 19.5 Å². The number of rotatable bonds is 3. The Hall–Kier alpha value is -2.93. The monoisotopic (exact) mass is 354 g/mol. The number of carbonyl (C=O) groups excluding carboxylic acids is 2. The molecule has 26 heavy (non-hydrogen) atoms. The van der Waals surface area contributed by atoms with Crippen LogP contribution in [0.2, 0.25) is 0 Å². The molecule has 7 nitrogen and oxygen atoms in total. The standard InChI is InChI=1S/C19H18N2O5/c22-15-10-21(19(24)18(23)13-2-1-6-20-9-13)7-5-14(15)12-3-4-16-17(8-12)26-11-25-16/h1-4,6,8-9,14-15,22H,5,7,10-11H2/t14-,15+/m0/s1. The SMILES string of the molecule is O=C(C(=O)N1CC[C@@H](c2ccc3c(c2)OCO3)[C@H](O)C1)c1cccnc1. The Morgan fingerprint density at radius 1 is 1.19 bits per heavy atom. The number of aliphatic hydroxyl groups is 1. The number of hydrogen-bond acceptors (Lipinski definition) is 6. The molecule has 2 aromatic rings. The number of amides is 1. The third-order valence-electron chi connectivity index (χ3n) is 4.81. The number of piperidine rings is 1. The maximum absolute atomic E-state index is 12.4. The van der Waals surface area contributed by atoms with E-state index in [9.17, 15) is 14.7 Å². The molecule has 1 N–H and O–H groups in total. The lowest BCUT2D eigenvalue weighted by atomic mass is 9.86. The summed E-state index contributed by atoms with van der Waals surface area (Å²) in [5.41, 5.74) is 1.19. The minimum atomic E-state index is -0.755. The Morgan fingerprint density at radius 2 is 2.04 bits per heavy atom. The molecule has 1 aromatic heterocycles. The van der Waals surface area contributed by atoms with Gasteiger partial charge in [-0.3, -0.25) is 14.6 Å². The van der Waals surface area contributed by atoms with Crippen LogP contribution in [0.4, 0.5) is 0 Å². The summed E-state index contributed by atoms with van der Waals surface area (Å²) >= 11 is 0. The molecule has 1 saturated heterocycles. The average Bonchev–Trinajstić information content (AvgIpc) is 3.15. The maximum atomic E-state index is 12.4. The Bertz CT molecular complexity index is 839. The van der Waals surface area contributed by atoms with Gasteiger partial charge in [-0.05, 0) is 36.2 Å². The molecule has 7 heteroatoms. The lowest BCUT2D eigenvalue weighted by Crippen LogP contribution is -2.48. The largest absolute Gasteiger partial charge is 0.454 e. The first-order valence-electron chi connectivity index (χ1n) is 8.45. The van der Waals surface area contributed by atoms with Crippen LogP contribution < -0.4 is 9.47 Å². The van der Waals surface area contributed by atoms with E-state index < -0.39 is 17.8 Å². The van der Waals surface area contributed by atoms with Gasteiger partial charge in [0.25, 0.3) is 11.7 Å². The molecule has 0 unspecified atom stereocenters.